The summed E-state index contributed by atoms with van der Waals surface area (Å²) in [6.07, 6.45) is 0.198. The summed E-state index contributed by atoms with van der Waals surface area (Å²) in [7, 11) is 0. The number of hydrogen-bond acceptors (Lipinski definition) is 5. The van der Waals surface area contributed by atoms with Crippen molar-refractivity contribution in [2.75, 3.05) is 6.61 Å². The maximum Gasteiger partial charge on any atom is 0.407 e. The summed E-state index contributed by atoms with van der Waals surface area (Å²) >= 11 is 0. The van der Waals surface area contributed by atoms with Crippen LogP contribution in [0.3, 0.4) is 0 Å². The molecule has 1 aromatic heterocycles. The molecule has 0 unspecified atom stereocenters. The summed E-state index contributed by atoms with van der Waals surface area (Å²) < 4.78 is 17.0. The van der Waals surface area contributed by atoms with E-state index in [2.05, 4.69) is 10.3 Å². The van der Waals surface area contributed by atoms with Gasteiger partial charge in [0.2, 0.25) is 5.89 Å². The molecule has 0 aliphatic carbocycles. The lowest BCUT2D eigenvalue weighted by Gasteiger charge is -2.15. The Morgan fingerprint density at radius 3 is 2.31 bits per heavy atom. The van der Waals surface area contributed by atoms with Crippen LogP contribution in [-0.2, 0) is 17.8 Å². The van der Waals surface area contributed by atoms with Crippen LogP contribution in [0.2, 0.25) is 0 Å². The Morgan fingerprint density at radius 2 is 1.63 bits per heavy atom. The van der Waals surface area contributed by atoms with Crippen LogP contribution in [0.4, 0.5) is 4.79 Å². The van der Waals surface area contributed by atoms with Crippen LogP contribution in [0.25, 0.3) is 11.5 Å². The van der Waals surface area contributed by atoms with Gasteiger partial charge in [0.15, 0.2) is 0 Å². The van der Waals surface area contributed by atoms with Gasteiger partial charge in [-0.15, -0.1) is 0 Å². The number of rotatable bonds is 9. The number of benzene rings is 3. The molecule has 0 bridgehead atoms. The predicted molar refractivity (Wildman–Crippen MR) is 137 cm³/mol. The zero-order valence-corrected chi connectivity index (χ0v) is 19.4. The highest BCUT2D eigenvalue weighted by atomic mass is 16.5. The number of oxazole rings is 1. The van der Waals surface area contributed by atoms with Crippen LogP contribution in [0.1, 0.15) is 43.0 Å². The Kier molecular flexibility index (Phi) is 9.07. The summed E-state index contributed by atoms with van der Waals surface area (Å²) in [6, 6.07) is 26.9. The van der Waals surface area contributed by atoms with E-state index < -0.39 is 6.09 Å². The van der Waals surface area contributed by atoms with E-state index in [0.717, 1.165) is 33.9 Å². The van der Waals surface area contributed by atoms with E-state index >= 15 is 0 Å². The molecule has 6 nitrogen and oxygen atoms in total. The highest BCUT2D eigenvalue weighted by Gasteiger charge is 2.13. The van der Waals surface area contributed by atoms with Gasteiger partial charge in [0.05, 0.1) is 18.3 Å². The topological polar surface area (TPSA) is 73.6 Å². The molecule has 1 atom stereocenters. The van der Waals surface area contributed by atoms with Gasteiger partial charge in [0, 0.05) is 12.0 Å². The summed E-state index contributed by atoms with van der Waals surface area (Å²) in [5, 5.41) is 2.85. The number of aromatic nitrogens is 1. The lowest BCUT2D eigenvalue weighted by molar-refractivity contribution is 0.136. The van der Waals surface area contributed by atoms with Gasteiger partial charge in [0.1, 0.15) is 18.1 Å². The molecule has 0 spiro atoms. The minimum atomic E-state index is -0.450. The Hall–Kier alpha value is -4.06. The number of aryl methyl sites for hydroxylation is 1. The second kappa shape index (κ2) is 12.4. The number of hydrogen-bond donors (Lipinski definition) is 1. The van der Waals surface area contributed by atoms with Crippen LogP contribution in [0.15, 0.2) is 89.3 Å². The number of amides is 1. The molecule has 6 heteroatoms. The molecule has 1 heterocycles. The third-order valence-corrected chi connectivity index (χ3v) is 5.45. The molecule has 0 aliphatic rings. The van der Waals surface area contributed by atoms with Crippen molar-refractivity contribution in [1.82, 2.24) is 10.3 Å². The number of carbonyl (C=O) groups excluding carboxylic acids is 1. The maximum absolute atomic E-state index is 12.1. The highest BCUT2D eigenvalue weighted by molar-refractivity contribution is 5.67. The average Bonchev–Trinajstić information content (AvgIpc) is 3.24. The third-order valence-electron chi connectivity index (χ3n) is 5.45. The SMILES string of the molecule is C.Cc1oc(-c2ccccc2)nc1CCOc1ccc([C@H](C)NC(=O)OCc2ccccc2)cc1. The molecule has 4 rings (SSSR count). The quantitative estimate of drug-likeness (QED) is 0.287. The van der Waals surface area contributed by atoms with Crippen molar-refractivity contribution in [3.63, 3.8) is 0 Å². The molecule has 0 fully saturated rings. The first kappa shape index (κ1) is 25.6. The molecule has 0 saturated heterocycles. The zero-order chi connectivity index (χ0) is 23.8. The van der Waals surface area contributed by atoms with Gasteiger partial charge in [-0.05, 0) is 49.2 Å². The van der Waals surface area contributed by atoms with Gasteiger partial charge < -0.3 is 19.2 Å². The molecular weight excluding hydrogens is 440 g/mol. The second-order valence-electron chi connectivity index (χ2n) is 7.98. The first-order chi connectivity index (χ1) is 16.6. The molecule has 182 valence electrons. The van der Waals surface area contributed by atoms with E-state index in [1.807, 2.05) is 98.8 Å². The Labute approximate surface area is 206 Å². The van der Waals surface area contributed by atoms with Crippen LogP contribution in [0.5, 0.6) is 5.75 Å². The minimum Gasteiger partial charge on any atom is -0.493 e. The summed E-state index contributed by atoms with van der Waals surface area (Å²) in [5.74, 6) is 2.19. The lowest BCUT2D eigenvalue weighted by atomic mass is 10.1. The van der Waals surface area contributed by atoms with Crippen LogP contribution >= 0.6 is 0 Å². The van der Waals surface area contributed by atoms with Crippen molar-refractivity contribution in [1.29, 1.82) is 0 Å². The standard InChI is InChI=1S/C28H28N2O4.CH4/c1-20(29-28(31)33-19-22-9-5-3-6-10-22)23-13-15-25(16-14-23)32-18-17-26-21(2)34-27(30-26)24-11-7-4-8-12-24;/h3-16,20H,17-19H2,1-2H3,(H,29,31);1H4/t20-;/m0./s1. The van der Waals surface area contributed by atoms with E-state index in [1.165, 1.54) is 0 Å². The molecule has 3 aromatic carbocycles. The van der Waals surface area contributed by atoms with Crippen molar-refractivity contribution in [3.05, 3.63) is 108 Å². The van der Waals surface area contributed by atoms with E-state index in [4.69, 9.17) is 13.9 Å². The fourth-order valence-corrected chi connectivity index (χ4v) is 3.51. The van der Waals surface area contributed by atoms with E-state index in [1.54, 1.807) is 0 Å². The minimum absolute atomic E-state index is 0. The van der Waals surface area contributed by atoms with Crippen LogP contribution in [0, 0.1) is 6.92 Å². The predicted octanol–water partition coefficient (Wildman–Crippen LogP) is 6.90. The summed E-state index contributed by atoms with van der Waals surface area (Å²) in [4.78, 5) is 16.7. The van der Waals surface area contributed by atoms with E-state index in [-0.39, 0.29) is 20.1 Å². The first-order valence-electron chi connectivity index (χ1n) is 11.3. The molecule has 0 aliphatic heterocycles. The number of nitrogens with one attached hydrogen (secondary N) is 1. The summed E-state index contributed by atoms with van der Waals surface area (Å²) in [6.45, 7) is 4.56. The van der Waals surface area contributed by atoms with Gasteiger partial charge in [-0.1, -0.05) is 68.1 Å². The van der Waals surface area contributed by atoms with Gasteiger partial charge in [-0.25, -0.2) is 9.78 Å². The van der Waals surface area contributed by atoms with Crippen molar-refractivity contribution in [3.8, 4) is 17.2 Å². The molecule has 4 aromatic rings. The number of nitrogens with zero attached hydrogens (tertiary/aromatic N) is 1. The maximum atomic E-state index is 12.1. The summed E-state index contributed by atoms with van der Waals surface area (Å²) in [5.41, 5.74) is 3.76. The molecule has 1 amide bonds. The van der Waals surface area contributed by atoms with Crippen LogP contribution in [-0.4, -0.2) is 17.7 Å². The molecule has 35 heavy (non-hydrogen) atoms. The van der Waals surface area contributed by atoms with E-state index in [9.17, 15) is 4.79 Å². The third kappa shape index (κ3) is 7.21. The zero-order valence-electron chi connectivity index (χ0n) is 19.4. The Bertz CT molecular complexity index is 1190. The average molecular weight is 473 g/mol. The van der Waals surface area contributed by atoms with Crippen molar-refractivity contribution >= 4 is 6.09 Å². The second-order valence-corrected chi connectivity index (χ2v) is 7.98. The molecular formula is C29H32N2O4. The van der Waals surface area contributed by atoms with Crippen molar-refractivity contribution in [2.24, 2.45) is 0 Å². The number of ether oxygens (including phenoxy) is 2. The van der Waals surface area contributed by atoms with E-state index in [0.29, 0.717) is 18.9 Å². The molecule has 0 radical (unpaired) electrons. The Morgan fingerprint density at radius 1 is 0.971 bits per heavy atom. The molecule has 0 saturated carbocycles. The van der Waals surface area contributed by atoms with Gasteiger partial charge in [-0.2, -0.15) is 0 Å². The van der Waals surface area contributed by atoms with Gasteiger partial charge in [-0.3, -0.25) is 0 Å². The molecule has 1 N–H and O–H groups in total. The Balaban J connectivity index is 0.00000342. The monoisotopic (exact) mass is 472 g/mol. The largest absolute Gasteiger partial charge is 0.493 e. The van der Waals surface area contributed by atoms with Gasteiger partial charge in [0.25, 0.3) is 0 Å². The van der Waals surface area contributed by atoms with Crippen LogP contribution < -0.4 is 10.1 Å². The normalized spacial score (nSPS) is 11.3. The van der Waals surface area contributed by atoms with Gasteiger partial charge >= 0.3 is 6.09 Å². The lowest BCUT2D eigenvalue weighted by Crippen LogP contribution is -2.27. The highest BCUT2D eigenvalue weighted by Crippen LogP contribution is 2.22. The van der Waals surface area contributed by atoms with Crippen molar-refractivity contribution in [2.45, 2.75) is 40.3 Å². The smallest absolute Gasteiger partial charge is 0.407 e. The fourth-order valence-electron chi connectivity index (χ4n) is 3.51. The number of alkyl carbamates (subject to hydrolysis) is 1. The van der Waals surface area contributed by atoms with Crippen molar-refractivity contribution < 1.29 is 18.7 Å². The number of carbonyl (C=O) groups is 1. The first-order valence-corrected chi connectivity index (χ1v) is 11.3. The fraction of sp³-hybridized carbons (Fsp3) is 0.241.